The van der Waals surface area contributed by atoms with Crippen LogP contribution in [0.15, 0.2) is 41.0 Å². The molecule has 20 heavy (non-hydrogen) atoms. The second-order valence-corrected chi connectivity index (χ2v) is 5.36. The first-order valence-electron chi connectivity index (χ1n) is 5.96. The average Bonchev–Trinajstić information content (AvgIpc) is 2.70. The Bertz CT molecular complexity index is 647. The molecule has 104 valence electrons. The minimum absolute atomic E-state index is 0.193. The molecule has 0 spiro atoms. The molecule has 0 saturated heterocycles. The molecule has 0 atom stereocenters. The first kappa shape index (κ1) is 14.3. The maximum atomic E-state index is 12.1. The number of hydrogen-bond donors (Lipinski definition) is 2. The lowest BCUT2D eigenvalue weighted by atomic mass is 10.1. The molecule has 0 aliphatic rings. The van der Waals surface area contributed by atoms with Crippen LogP contribution in [0.4, 0.5) is 5.69 Å². The van der Waals surface area contributed by atoms with Crippen molar-refractivity contribution in [3.63, 3.8) is 0 Å². The topological polar surface area (TPSA) is 77.1 Å². The molecule has 1 aromatic carbocycles. The van der Waals surface area contributed by atoms with Gasteiger partial charge in [0.05, 0.1) is 6.42 Å². The van der Waals surface area contributed by atoms with Crippen LogP contribution in [0.25, 0.3) is 0 Å². The Morgan fingerprint density at radius 3 is 2.45 bits per heavy atom. The SMILES string of the molecule is Cn1cc(Br)cc1C(=O)Nc1ccc(CC(N)=O)cc1. The molecular weight excluding hydrogens is 322 g/mol. The molecule has 3 N–H and O–H groups in total. The van der Waals surface area contributed by atoms with Crippen LogP contribution >= 0.6 is 15.9 Å². The van der Waals surface area contributed by atoms with Crippen LogP contribution < -0.4 is 11.1 Å². The van der Waals surface area contributed by atoms with Crippen molar-refractivity contribution in [1.29, 1.82) is 0 Å². The minimum atomic E-state index is -0.379. The number of carbonyl (C=O) groups excluding carboxylic acids is 2. The normalized spacial score (nSPS) is 10.3. The molecule has 0 aliphatic heterocycles. The molecule has 0 bridgehead atoms. The molecule has 2 amide bonds. The van der Waals surface area contributed by atoms with Gasteiger partial charge in [0.1, 0.15) is 5.69 Å². The van der Waals surface area contributed by atoms with Crippen LogP contribution in [0.5, 0.6) is 0 Å². The zero-order valence-electron chi connectivity index (χ0n) is 10.9. The lowest BCUT2D eigenvalue weighted by Crippen LogP contribution is -2.16. The highest BCUT2D eigenvalue weighted by molar-refractivity contribution is 9.10. The quantitative estimate of drug-likeness (QED) is 0.897. The first-order valence-corrected chi connectivity index (χ1v) is 6.75. The highest BCUT2D eigenvalue weighted by atomic mass is 79.9. The number of benzene rings is 1. The van der Waals surface area contributed by atoms with Gasteiger partial charge >= 0.3 is 0 Å². The number of hydrogen-bond acceptors (Lipinski definition) is 2. The number of nitrogens with one attached hydrogen (secondary N) is 1. The number of rotatable bonds is 4. The second-order valence-electron chi connectivity index (χ2n) is 4.45. The maximum Gasteiger partial charge on any atom is 0.272 e. The van der Waals surface area contributed by atoms with Gasteiger partial charge in [-0.1, -0.05) is 12.1 Å². The Kier molecular flexibility index (Phi) is 4.24. The summed E-state index contributed by atoms with van der Waals surface area (Å²) >= 11 is 3.32. The zero-order valence-corrected chi connectivity index (χ0v) is 12.5. The lowest BCUT2D eigenvalue weighted by molar-refractivity contribution is -0.117. The van der Waals surface area contributed by atoms with Crippen LogP contribution in [0, 0.1) is 0 Å². The van der Waals surface area contributed by atoms with Gasteiger partial charge in [-0.25, -0.2) is 0 Å². The van der Waals surface area contributed by atoms with Crippen molar-refractivity contribution in [3.8, 4) is 0 Å². The van der Waals surface area contributed by atoms with Crippen molar-refractivity contribution in [3.05, 3.63) is 52.3 Å². The summed E-state index contributed by atoms with van der Waals surface area (Å²) < 4.78 is 2.59. The Hall–Kier alpha value is -2.08. The van der Waals surface area contributed by atoms with E-state index in [1.54, 1.807) is 41.9 Å². The predicted octanol–water partition coefficient (Wildman–Crippen LogP) is 2.07. The van der Waals surface area contributed by atoms with Gasteiger partial charge in [0.15, 0.2) is 0 Å². The summed E-state index contributed by atoms with van der Waals surface area (Å²) in [6.07, 6.45) is 2.00. The van der Waals surface area contributed by atoms with Crippen molar-refractivity contribution in [2.45, 2.75) is 6.42 Å². The third kappa shape index (κ3) is 3.48. The van der Waals surface area contributed by atoms with E-state index in [4.69, 9.17) is 5.73 Å². The third-order valence-corrected chi connectivity index (χ3v) is 3.23. The van der Waals surface area contributed by atoms with E-state index in [1.165, 1.54) is 0 Å². The summed E-state index contributed by atoms with van der Waals surface area (Å²) in [4.78, 5) is 22.9. The van der Waals surface area contributed by atoms with Crippen LogP contribution in [-0.4, -0.2) is 16.4 Å². The average molecular weight is 336 g/mol. The number of halogens is 1. The van der Waals surface area contributed by atoms with E-state index in [-0.39, 0.29) is 18.2 Å². The van der Waals surface area contributed by atoms with Crippen molar-refractivity contribution in [2.24, 2.45) is 12.8 Å². The molecule has 2 aromatic rings. The van der Waals surface area contributed by atoms with E-state index < -0.39 is 0 Å². The van der Waals surface area contributed by atoms with Crippen LogP contribution in [-0.2, 0) is 18.3 Å². The van der Waals surface area contributed by atoms with Crippen molar-refractivity contribution in [2.75, 3.05) is 5.32 Å². The summed E-state index contributed by atoms with van der Waals surface area (Å²) in [6, 6.07) is 8.77. The number of primary amides is 1. The van der Waals surface area contributed by atoms with E-state index in [9.17, 15) is 9.59 Å². The van der Waals surface area contributed by atoms with Gasteiger partial charge < -0.3 is 15.6 Å². The molecule has 0 fully saturated rings. The molecular formula is C14H14BrN3O2. The Morgan fingerprint density at radius 2 is 1.95 bits per heavy atom. The van der Waals surface area contributed by atoms with Gasteiger partial charge in [0.25, 0.3) is 5.91 Å². The van der Waals surface area contributed by atoms with E-state index in [2.05, 4.69) is 21.2 Å². The van der Waals surface area contributed by atoms with Crippen LogP contribution in [0.2, 0.25) is 0 Å². The van der Waals surface area contributed by atoms with E-state index in [0.29, 0.717) is 11.4 Å². The number of aromatic nitrogens is 1. The molecule has 1 aromatic heterocycles. The molecule has 2 rings (SSSR count). The van der Waals surface area contributed by atoms with Crippen molar-refractivity contribution >= 4 is 33.4 Å². The van der Waals surface area contributed by atoms with Gasteiger partial charge in [0, 0.05) is 23.4 Å². The lowest BCUT2D eigenvalue weighted by Gasteiger charge is -2.06. The van der Waals surface area contributed by atoms with E-state index >= 15 is 0 Å². The monoisotopic (exact) mass is 335 g/mol. The number of nitrogens with two attached hydrogens (primary N) is 1. The Labute approximate surface area is 124 Å². The van der Waals surface area contributed by atoms with E-state index in [0.717, 1.165) is 10.0 Å². The van der Waals surface area contributed by atoms with Crippen LogP contribution in [0.1, 0.15) is 16.1 Å². The highest BCUT2D eigenvalue weighted by Gasteiger charge is 2.11. The highest BCUT2D eigenvalue weighted by Crippen LogP contribution is 2.16. The maximum absolute atomic E-state index is 12.1. The minimum Gasteiger partial charge on any atom is -0.369 e. The van der Waals surface area contributed by atoms with Gasteiger partial charge in [-0.15, -0.1) is 0 Å². The summed E-state index contributed by atoms with van der Waals surface area (Å²) in [5, 5.41) is 2.80. The van der Waals surface area contributed by atoms with Crippen LogP contribution in [0.3, 0.4) is 0 Å². The summed E-state index contributed by atoms with van der Waals surface area (Å²) in [5.41, 5.74) is 7.16. The summed E-state index contributed by atoms with van der Waals surface area (Å²) in [6.45, 7) is 0. The molecule has 0 unspecified atom stereocenters. The summed E-state index contributed by atoms with van der Waals surface area (Å²) in [7, 11) is 1.80. The molecule has 1 heterocycles. The number of aryl methyl sites for hydroxylation is 1. The smallest absolute Gasteiger partial charge is 0.272 e. The largest absolute Gasteiger partial charge is 0.369 e. The van der Waals surface area contributed by atoms with Gasteiger partial charge in [-0.05, 0) is 39.7 Å². The fourth-order valence-electron chi connectivity index (χ4n) is 1.85. The number of anilines is 1. The first-order chi connectivity index (χ1) is 9.45. The molecule has 5 nitrogen and oxygen atoms in total. The molecule has 0 saturated carbocycles. The number of nitrogens with zero attached hydrogens (tertiary/aromatic N) is 1. The standard InChI is InChI=1S/C14H14BrN3O2/c1-18-8-10(15)7-12(18)14(20)17-11-4-2-9(3-5-11)6-13(16)19/h2-5,7-8H,6H2,1H3,(H2,16,19)(H,17,20). The Balaban J connectivity index is 2.08. The number of carbonyl (C=O) groups is 2. The zero-order chi connectivity index (χ0) is 14.7. The van der Waals surface area contributed by atoms with Gasteiger partial charge in [-0.2, -0.15) is 0 Å². The summed E-state index contributed by atoms with van der Waals surface area (Å²) in [5.74, 6) is -0.573. The number of amides is 2. The van der Waals surface area contributed by atoms with Crippen molar-refractivity contribution < 1.29 is 9.59 Å². The van der Waals surface area contributed by atoms with Gasteiger partial charge in [0.2, 0.25) is 5.91 Å². The fraction of sp³-hybridized carbons (Fsp3) is 0.143. The molecule has 0 radical (unpaired) electrons. The molecule has 6 heteroatoms. The van der Waals surface area contributed by atoms with E-state index in [1.807, 2.05) is 6.20 Å². The Morgan fingerprint density at radius 1 is 1.30 bits per heavy atom. The molecule has 0 aliphatic carbocycles. The van der Waals surface area contributed by atoms with Crippen molar-refractivity contribution in [1.82, 2.24) is 4.57 Å². The van der Waals surface area contributed by atoms with Gasteiger partial charge in [-0.3, -0.25) is 9.59 Å². The fourth-order valence-corrected chi connectivity index (χ4v) is 2.38. The second kappa shape index (κ2) is 5.92. The third-order valence-electron chi connectivity index (χ3n) is 2.79. The predicted molar refractivity (Wildman–Crippen MR) is 80.4 cm³/mol.